The Bertz CT molecular complexity index is 839. The smallest absolute Gasteiger partial charge is 0.417 e. The van der Waals surface area contributed by atoms with Crippen molar-refractivity contribution in [3.63, 3.8) is 0 Å². The molecule has 0 aliphatic carbocycles. The van der Waals surface area contributed by atoms with E-state index in [0.717, 1.165) is 12.1 Å². The molecule has 1 N–H and O–H groups in total. The fourth-order valence-electron chi connectivity index (χ4n) is 3.00. The molecule has 1 aliphatic rings. The van der Waals surface area contributed by atoms with Crippen molar-refractivity contribution >= 4 is 11.6 Å². The largest absolute Gasteiger partial charge is 0.470 e. The highest BCUT2D eigenvalue weighted by atomic mass is 19.4. The first-order valence-corrected chi connectivity index (χ1v) is 8.62. The van der Waals surface area contributed by atoms with Gasteiger partial charge in [0.1, 0.15) is 0 Å². The Morgan fingerprint density at radius 1 is 1.03 bits per heavy atom. The predicted molar refractivity (Wildman–Crippen MR) is 87.8 cm³/mol. The van der Waals surface area contributed by atoms with Crippen molar-refractivity contribution in [1.82, 2.24) is 15.1 Å². The van der Waals surface area contributed by atoms with E-state index in [2.05, 4.69) is 15.5 Å². The SMILES string of the molecule is O=C(CN1CCC(c2nnc(C(F)(F)F)o2)CC1)Nc1ccc(C(F)(F)F)cc1. The van der Waals surface area contributed by atoms with Crippen molar-refractivity contribution < 1.29 is 35.6 Å². The molecule has 2 aromatic rings. The van der Waals surface area contributed by atoms with Crippen LogP contribution in [-0.4, -0.2) is 40.6 Å². The van der Waals surface area contributed by atoms with Gasteiger partial charge >= 0.3 is 18.2 Å². The van der Waals surface area contributed by atoms with E-state index in [-0.39, 0.29) is 24.0 Å². The molecule has 1 aromatic heterocycles. The molecule has 29 heavy (non-hydrogen) atoms. The summed E-state index contributed by atoms with van der Waals surface area (Å²) in [5.74, 6) is -2.19. The van der Waals surface area contributed by atoms with E-state index in [1.54, 1.807) is 4.90 Å². The second-order valence-electron chi connectivity index (χ2n) is 6.62. The van der Waals surface area contributed by atoms with Crippen LogP contribution in [0.3, 0.4) is 0 Å². The minimum Gasteiger partial charge on any atom is -0.417 e. The number of benzene rings is 1. The molecule has 1 fully saturated rings. The lowest BCUT2D eigenvalue weighted by atomic mass is 9.97. The molecule has 0 unspecified atom stereocenters. The van der Waals surface area contributed by atoms with Gasteiger partial charge in [-0.25, -0.2) is 0 Å². The van der Waals surface area contributed by atoms with Gasteiger partial charge in [0.2, 0.25) is 11.8 Å². The topological polar surface area (TPSA) is 71.3 Å². The summed E-state index contributed by atoms with van der Waals surface area (Å²) >= 11 is 0. The summed E-state index contributed by atoms with van der Waals surface area (Å²) in [5, 5.41) is 8.98. The quantitative estimate of drug-likeness (QED) is 0.757. The number of carbonyl (C=O) groups excluding carboxylic acids is 1. The van der Waals surface area contributed by atoms with E-state index in [1.807, 2.05) is 0 Å². The lowest BCUT2D eigenvalue weighted by Gasteiger charge is -2.29. The molecule has 158 valence electrons. The number of alkyl halides is 6. The van der Waals surface area contributed by atoms with Crippen molar-refractivity contribution in [2.75, 3.05) is 25.0 Å². The highest BCUT2D eigenvalue weighted by Gasteiger charge is 2.39. The molecular weight excluding hydrogens is 406 g/mol. The Labute approximate surface area is 160 Å². The highest BCUT2D eigenvalue weighted by Crippen LogP contribution is 2.32. The lowest BCUT2D eigenvalue weighted by Crippen LogP contribution is -2.38. The number of likely N-dealkylation sites (tertiary alicyclic amines) is 1. The fourth-order valence-corrected chi connectivity index (χ4v) is 3.00. The van der Waals surface area contributed by atoms with E-state index in [0.29, 0.717) is 25.9 Å². The average molecular weight is 422 g/mol. The number of halogens is 6. The zero-order valence-corrected chi connectivity index (χ0v) is 14.8. The molecule has 1 aliphatic heterocycles. The summed E-state index contributed by atoms with van der Waals surface area (Å²) in [6.07, 6.45) is -8.27. The van der Waals surface area contributed by atoms with E-state index in [9.17, 15) is 31.1 Å². The van der Waals surface area contributed by atoms with Crippen LogP contribution in [0.15, 0.2) is 28.7 Å². The van der Waals surface area contributed by atoms with Gasteiger partial charge in [0, 0.05) is 11.6 Å². The van der Waals surface area contributed by atoms with Crippen molar-refractivity contribution in [1.29, 1.82) is 0 Å². The molecule has 2 heterocycles. The van der Waals surface area contributed by atoms with E-state index in [4.69, 9.17) is 4.42 Å². The molecule has 1 amide bonds. The summed E-state index contributed by atoms with van der Waals surface area (Å²) in [5.41, 5.74) is -0.573. The monoisotopic (exact) mass is 422 g/mol. The first-order chi connectivity index (χ1) is 13.5. The van der Waals surface area contributed by atoms with Gasteiger partial charge in [0.15, 0.2) is 0 Å². The highest BCUT2D eigenvalue weighted by molar-refractivity contribution is 5.92. The number of piperidine rings is 1. The molecule has 0 atom stereocenters. The Balaban J connectivity index is 1.48. The average Bonchev–Trinajstić information content (AvgIpc) is 3.12. The van der Waals surface area contributed by atoms with Crippen LogP contribution in [-0.2, 0) is 17.1 Å². The van der Waals surface area contributed by atoms with Gasteiger partial charge in [0.05, 0.1) is 12.1 Å². The van der Waals surface area contributed by atoms with Gasteiger partial charge in [0.25, 0.3) is 0 Å². The van der Waals surface area contributed by atoms with E-state index < -0.39 is 29.7 Å². The molecule has 1 saturated heterocycles. The second-order valence-corrected chi connectivity index (χ2v) is 6.62. The Hall–Kier alpha value is -2.63. The fraction of sp³-hybridized carbons (Fsp3) is 0.471. The molecule has 3 rings (SSSR count). The number of aromatic nitrogens is 2. The number of anilines is 1. The third kappa shape index (κ3) is 5.46. The number of carbonyl (C=O) groups is 1. The summed E-state index contributed by atoms with van der Waals surface area (Å²) in [7, 11) is 0. The Kier molecular flexibility index (Phi) is 5.82. The Morgan fingerprint density at radius 3 is 2.17 bits per heavy atom. The number of hydrogen-bond donors (Lipinski definition) is 1. The van der Waals surface area contributed by atoms with Crippen LogP contribution >= 0.6 is 0 Å². The number of rotatable bonds is 4. The third-order valence-corrected chi connectivity index (χ3v) is 4.48. The van der Waals surface area contributed by atoms with Crippen molar-refractivity contribution in [3.05, 3.63) is 41.6 Å². The Morgan fingerprint density at radius 2 is 1.66 bits per heavy atom. The van der Waals surface area contributed by atoms with Crippen LogP contribution in [0.4, 0.5) is 32.0 Å². The van der Waals surface area contributed by atoms with Gasteiger partial charge in [-0.05, 0) is 50.2 Å². The molecule has 1 aromatic carbocycles. The summed E-state index contributed by atoms with van der Waals surface area (Å²) < 4.78 is 79.9. The van der Waals surface area contributed by atoms with Gasteiger partial charge < -0.3 is 9.73 Å². The summed E-state index contributed by atoms with van der Waals surface area (Å²) in [4.78, 5) is 13.9. The molecule has 0 bridgehead atoms. The number of nitrogens with zero attached hydrogens (tertiary/aromatic N) is 3. The molecule has 0 saturated carbocycles. The lowest BCUT2D eigenvalue weighted by molar-refractivity contribution is -0.157. The second kappa shape index (κ2) is 8.01. The molecule has 12 heteroatoms. The maximum Gasteiger partial charge on any atom is 0.470 e. The zero-order valence-electron chi connectivity index (χ0n) is 14.8. The maximum atomic E-state index is 12.5. The minimum atomic E-state index is -4.69. The summed E-state index contributed by atoms with van der Waals surface area (Å²) in [6, 6.07) is 4.09. The molecular formula is C17H16F6N4O2. The van der Waals surface area contributed by atoms with E-state index >= 15 is 0 Å². The van der Waals surface area contributed by atoms with Crippen LogP contribution < -0.4 is 5.32 Å². The normalized spacial score (nSPS) is 16.8. The van der Waals surface area contributed by atoms with Crippen molar-refractivity contribution in [3.8, 4) is 0 Å². The zero-order chi connectivity index (χ0) is 21.2. The molecule has 0 spiro atoms. The minimum absolute atomic E-state index is 0.00533. The van der Waals surface area contributed by atoms with Crippen LogP contribution in [0.25, 0.3) is 0 Å². The number of amides is 1. The van der Waals surface area contributed by atoms with Crippen LogP contribution in [0.5, 0.6) is 0 Å². The third-order valence-electron chi connectivity index (χ3n) is 4.48. The van der Waals surface area contributed by atoms with Crippen LogP contribution in [0.1, 0.15) is 36.1 Å². The van der Waals surface area contributed by atoms with Crippen molar-refractivity contribution in [2.45, 2.75) is 31.1 Å². The van der Waals surface area contributed by atoms with Gasteiger partial charge in [-0.3, -0.25) is 9.69 Å². The van der Waals surface area contributed by atoms with Crippen molar-refractivity contribution in [2.24, 2.45) is 0 Å². The number of hydrogen-bond acceptors (Lipinski definition) is 5. The standard InChI is InChI=1S/C17H16F6N4O2/c18-16(19,20)11-1-3-12(4-2-11)24-13(28)9-27-7-5-10(6-8-27)14-25-26-15(29-14)17(21,22)23/h1-4,10H,5-9H2,(H,24,28). The first-order valence-electron chi connectivity index (χ1n) is 8.62. The van der Waals surface area contributed by atoms with Crippen LogP contribution in [0.2, 0.25) is 0 Å². The first kappa shape index (κ1) is 21.1. The number of nitrogens with one attached hydrogen (secondary N) is 1. The van der Waals surface area contributed by atoms with Gasteiger partial charge in [-0.2, -0.15) is 26.3 Å². The molecule has 6 nitrogen and oxygen atoms in total. The van der Waals surface area contributed by atoms with Gasteiger partial charge in [-0.1, -0.05) is 0 Å². The maximum absolute atomic E-state index is 12.5. The van der Waals surface area contributed by atoms with E-state index in [1.165, 1.54) is 12.1 Å². The predicted octanol–water partition coefficient (Wildman–Crippen LogP) is 3.93. The van der Waals surface area contributed by atoms with Crippen LogP contribution in [0, 0.1) is 0 Å². The van der Waals surface area contributed by atoms with Gasteiger partial charge in [-0.15, -0.1) is 10.2 Å². The summed E-state index contributed by atoms with van der Waals surface area (Å²) in [6.45, 7) is 0.856. The molecule has 0 radical (unpaired) electrons.